The molecule has 114 valence electrons. The molecule has 0 spiro atoms. The molecule has 1 unspecified atom stereocenters. The van der Waals surface area contributed by atoms with Gasteiger partial charge in [0.05, 0.1) is 4.92 Å². The molecule has 2 rings (SSSR count). The molecule has 0 radical (unpaired) electrons. The largest absolute Gasteiger partial charge is 0.480 e. The minimum atomic E-state index is -0.962. The molecule has 1 N–H and O–H groups in total. The lowest BCUT2D eigenvalue weighted by molar-refractivity contribution is -0.384. The minimum absolute atomic E-state index is 0.0220. The Labute approximate surface area is 123 Å². The van der Waals surface area contributed by atoms with Crippen molar-refractivity contribution in [2.75, 3.05) is 13.1 Å². The van der Waals surface area contributed by atoms with Crippen molar-refractivity contribution in [2.24, 2.45) is 0 Å². The Morgan fingerprint density at radius 2 is 1.86 bits per heavy atom. The number of non-ortho nitro benzene ring substituents is 1. The Kier molecular flexibility index (Phi) is 4.57. The van der Waals surface area contributed by atoms with Crippen molar-refractivity contribution in [3.8, 4) is 0 Å². The van der Waals surface area contributed by atoms with E-state index >= 15 is 0 Å². The first-order valence-corrected chi connectivity index (χ1v) is 7.15. The van der Waals surface area contributed by atoms with Crippen molar-refractivity contribution < 1.29 is 14.8 Å². The third kappa shape index (κ3) is 3.39. The lowest BCUT2D eigenvalue weighted by Gasteiger charge is -2.40. The van der Waals surface area contributed by atoms with E-state index in [9.17, 15) is 20.0 Å². The summed E-state index contributed by atoms with van der Waals surface area (Å²) in [5, 5.41) is 20.3. The topological polar surface area (TPSA) is 83.7 Å². The SMILES string of the molecule is CC(Cc1ccc([N+](=O)[O-])cc1)(C(=O)O)N1CCCCC1. The predicted octanol–water partition coefficient (Wildman–Crippen LogP) is 2.47. The molecule has 0 bridgehead atoms. The second kappa shape index (κ2) is 6.22. The average molecular weight is 292 g/mol. The van der Waals surface area contributed by atoms with E-state index in [0.717, 1.165) is 37.9 Å². The Morgan fingerprint density at radius 1 is 1.29 bits per heavy atom. The number of likely N-dealkylation sites (tertiary alicyclic amines) is 1. The van der Waals surface area contributed by atoms with E-state index in [4.69, 9.17) is 0 Å². The van der Waals surface area contributed by atoms with E-state index in [1.165, 1.54) is 12.1 Å². The van der Waals surface area contributed by atoms with Crippen LogP contribution in [0.2, 0.25) is 0 Å². The van der Waals surface area contributed by atoms with Gasteiger partial charge >= 0.3 is 5.97 Å². The molecule has 0 aliphatic carbocycles. The number of nitrogens with zero attached hydrogens (tertiary/aromatic N) is 2. The Bertz CT molecular complexity index is 523. The number of piperidine rings is 1. The summed E-state index contributed by atoms with van der Waals surface area (Å²) in [5.74, 6) is -0.845. The van der Waals surface area contributed by atoms with Crippen molar-refractivity contribution in [2.45, 2.75) is 38.1 Å². The molecule has 6 nitrogen and oxygen atoms in total. The lowest BCUT2D eigenvalue weighted by atomic mass is 9.89. The van der Waals surface area contributed by atoms with Gasteiger partial charge in [0.2, 0.25) is 0 Å². The Hall–Kier alpha value is -1.95. The van der Waals surface area contributed by atoms with E-state index in [2.05, 4.69) is 0 Å². The van der Waals surface area contributed by atoms with Crippen molar-refractivity contribution >= 4 is 11.7 Å². The normalized spacial score (nSPS) is 18.9. The van der Waals surface area contributed by atoms with Gasteiger partial charge in [0, 0.05) is 18.6 Å². The fourth-order valence-electron chi connectivity index (χ4n) is 2.84. The third-order valence-electron chi connectivity index (χ3n) is 4.21. The van der Waals surface area contributed by atoms with Crippen LogP contribution in [0.5, 0.6) is 0 Å². The quantitative estimate of drug-likeness (QED) is 0.665. The summed E-state index contributed by atoms with van der Waals surface area (Å²) >= 11 is 0. The molecule has 1 saturated heterocycles. The summed E-state index contributed by atoms with van der Waals surface area (Å²) in [6.45, 7) is 3.31. The second-order valence-corrected chi connectivity index (χ2v) is 5.73. The highest BCUT2D eigenvalue weighted by Crippen LogP contribution is 2.26. The van der Waals surface area contributed by atoms with Crippen LogP contribution in [0.1, 0.15) is 31.7 Å². The van der Waals surface area contributed by atoms with Crippen molar-refractivity contribution in [1.82, 2.24) is 4.90 Å². The van der Waals surface area contributed by atoms with Gasteiger partial charge in [0.15, 0.2) is 0 Å². The number of aliphatic carboxylic acids is 1. The standard InChI is InChI=1S/C15H20N2O4/c1-15(14(18)19,16-9-3-2-4-10-16)11-12-5-7-13(8-6-12)17(20)21/h5-8H,2-4,9-11H2,1H3,(H,18,19). The summed E-state index contributed by atoms with van der Waals surface area (Å²) in [5.41, 5.74) is -0.138. The molecule has 1 heterocycles. The zero-order valence-electron chi connectivity index (χ0n) is 12.1. The van der Waals surface area contributed by atoms with E-state index in [1.807, 2.05) is 4.90 Å². The van der Waals surface area contributed by atoms with E-state index < -0.39 is 16.4 Å². The molecule has 1 aromatic rings. The fraction of sp³-hybridized carbons (Fsp3) is 0.533. The molecule has 0 amide bonds. The van der Waals surface area contributed by atoms with E-state index in [-0.39, 0.29) is 5.69 Å². The number of hydrogen-bond acceptors (Lipinski definition) is 4. The van der Waals surface area contributed by atoms with E-state index in [1.54, 1.807) is 19.1 Å². The highest BCUT2D eigenvalue weighted by atomic mass is 16.6. The predicted molar refractivity (Wildman–Crippen MR) is 78.3 cm³/mol. The molecule has 1 aliphatic rings. The minimum Gasteiger partial charge on any atom is -0.480 e. The second-order valence-electron chi connectivity index (χ2n) is 5.73. The first kappa shape index (κ1) is 15.4. The number of benzene rings is 1. The van der Waals surface area contributed by atoms with Gasteiger partial charge in [0.1, 0.15) is 5.54 Å². The number of carboxylic acids is 1. The van der Waals surface area contributed by atoms with Crippen LogP contribution in [0.25, 0.3) is 0 Å². The number of rotatable bonds is 5. The molecule has 21 heavy (non-hydrogen) atoms. The zero-order chi connectivity index (χ0) is 15.5. The molecule has 6 heteroatoms. The van der Waals surface area contributed by atoms with Gasteiger partial charge in [-0.05, 0) is 38.4 Å². The smallest absolute Gasteiger partial charge is 0.324 e. The van der Waals surface area contributed by atoms with Crippen LogP contribution in [0.3, 0.4) is 0 Å². The lowest BCUT2D eigenvalue weighted by Crippen LogP contribution is -2.55. The third-order valence-corrected chi connectivity index (χ3v) is 4.21. The van der Waals surface area contributed by atoms with Gasteiger partial charge in [-0.25, -0.2) is 0 Å². The molecule has 0 saturated carbocycles. The zero-order valence-corrected chi connectivity index (χ0v) is 12.1. The number of carboxylic acid groups (broad SMARTS) is 1. The van der Waals surface area contributed by atoms with Gasteiger partial charge in [-0.15, -0.1) is 0 Å². The van der Waals surface area contributed by atoms with Crippen LogP contribution >= 0.6 is 0 Å². The maximum absolute atomic E-state index is 11.8. The van der Waals surface area contributed by atoms with Crippen LogP contribution in [-0.2, 0) is 11.2 Å². The molecule has 0 aromatic heterocycles. The Morgan fingerprint density at radius 3 is 2.33 bits per heavy atom. The summed E-state index contributed by atoms with van der Waals surface area (Å²) in [7, 11) is 0. The maximum atomic E-state index is 11.8. The first-order chi connectivity index (χ1) is 9.93. The fourth-order valence-corrected chi connectivity index (χ4v) is 2.84. The van der Waals surface area contributed by atoms with Crippen molar-refractivity contribution in [3.63, 3.8) is 0 Å². The summed E-state index contributed by atoms with van der Waals surface area (Å²) in [4.78, 5) is 24.0. The monoisotopic (exact) mass is 292 g/mol. The molecule has 1 aliphatic heterocycles. The van der Waals surface area contributed by atoms with Crippen LogP contribution in [0.4, 0.5) is 5.69 Å². The van der Waals surface area contributed by atoms with Gasteiger partial charge in [-0.2, -0.15) is 0 Å². The molecular weight excluding hydrogens is 272 g/mol. The Balaban J connectivity index is 2.18. The maximum Gasteiger partial charge on any atom is 0.324 e. The number of nitro benzene ring substituents is 1. The molecule has 1 atom stereocenters. The summed E-state index contributed by atoms with van der Waals surface area (Å²) in [6.07, 6.45) is 3.52. The van der Waals surface area contributed by atoms with E-state index in [0.29, 0.717) is 6.42 Å². The molecule has 1 aromatic carbocycles. The highest BCUT2D eigenvalue weighted by molar-refractivity contribution is 5.78. The summed E-state index contributed by atoms with van der Waals surface area (Å²) < 4.78 is 0. The highest BCUT2D eigenvalue weighted by Gasteiger charge is 2.40. The van der Waals surface area contributed by atoms with Crippen molar-refractivity contribution in [3.05, 3.63) is 39.9 Å². The van der Waals surface area contributed by atoms with Gasteiger partial charge < -0.3 is 5.11 Å². The number of hydrogen-bond donors (Lipinski definition) is 1. The van der Waals surface area contributed by atoms with Crippen LogP contribution in [0, 0.1) is 10.1 Å². The van der Waals surface area contributed by atoms with Crippen LogP contribution in [-0.4, -0.2) is 39.5 Å². The van der Waals surface area contributed by atoms with Crippen LogP contribution in [0.15, 0.2) is 24.3 Å². The van der Waals surface area contributed by atoms with Gasteiger partial charge in [-0.1, -0.05) is 18.6 Å². The molecule has 1 fully saturated rings. The first-order valence-electron chi connectivity index (χ1n) is 7.15. The van der Waals surface area contributed by atoms with Gasteiger partial charge in [0.25, 0.3) is 5.69 Å². The van der Waals surface area contributed by atoms with Gasteiger partial charge in [-0.3, -0.25) is 19.8 Å². The average Bonchev–Trinajstić information content (AvgIpc) is 2.48. The van der Waals surface area contributed by atoms with Crippen molar-refractivity contribution in [1.29, 1.82) is 0 Å². The number of nitro groups is 1. The van der Waals surface area contributed by atoms with Crippen LogP contribution < -0.4 is 0 Å². The molecular formula is C15H20N2O4. The number of carbonyl (C=O) groups is 1. The summed E-state index contributed by atoms with van der Waals surface area (Å²) in [6, 6.07) is 6.13.